The van der Waals surface area contributed by atoms with Crippen LogP contribution in [0.1, 0.15) is 22.6 Å². The summed E-state index contributed by atoms with van der Waals surface area (Å²) in [4.78, 5) is 0. The lowest BCUT2D eigenvalue weighted by atomic mass is 9.77. The second-order valence-corrected chi connectivity index (χ2v) is 5.30. The summed E-state index contributed by atoms with van der Waals surface area (Å²) in [6.45, 7) is 1.93. The Morgan fingerprint density at radius 2 is 2.00 bits per heavy atom. The first-order chi connectivity index (χ1) is 8.83. The van der Waals surface area contributed by atoms with Crippen LogP contribution in [0.25, 0.3) is 0 Å². The number of hydrogen-bond acceptors (Lipinski definition) is 1. The summed E-state index contributed by atoms with van der Waals surface area (Å²) in [7, 11) is 0. The van der Waals surface area contributed by atoms with E-state index in [2.05, 4.69) is 35.6 Å². The molecule has 0 bridgehead atoms. The van der Waals surface area contributed by atoms with E-state index in [0.717, 1.165) is 18.1 Å². The van der Waals surface area contributed by atoms with Crippen LogP contribution in [0.4, 0.5) is 0 Å². The topological polar surface area (TPSA) is 12.0 Å². The Hall–Kier alpha value is -1.31. The lowest BCUT2D eigenvalue weighted by Gasteiger charge is -2.30. The van der Waals surface area contributed by atoms with Crippen molar-refractivity contribution in [3.8, 4) is 0 Å². The van der Waals surface area contributed by atoms with E-state index in [9.17, 15) is 0 Å². The van der Waals surface area contributed by atoms with Gasteiger partial charge in [-0.05, 0) is 35.2 Å². The van der Waals surface area contributed by atoms with E-state index in [-0.39, 0.29) is 0 Å². The predicted octanol–water partition coefficient (Wildman–Crippen LogP) is 3.77. The Labute approximate surface area is 113 Å². The van der Waals surface area contributed by atoms with Crippen LogP contribution in [0, 0.1) is 0 Å². The van der Waals surface area contributed by atoms with Gasteiger partial charge in [0.25, 0.3) is 0 Å². The molecule has 92 valence electrons. The van der Waals surface area contributed by atoms with Gasteiger partial charge >= 0.3 is 0 Å². The minimum absolute atomic E-state index is 0.681. The van der Waals surface area contributed by atoms with Crippen molar-refractivity contribution in [2.24, 2.45) is 0 Å². The van der Waals surface area contributed by atoms with Gasteiger partial charge in [-0.3, -0.25) is 0 Å². The van der Waals surface area contributed by atoms with Crippen molar-refractivity contribution in [1.82, 2.24) is 5.32 Å². The van der Waals surface area contributed by atoms with Crippen LogP contribution >= 0.6 is 11.6 Å². The Morgan fingerprint density at radius 1 is 1.11 bits per heavy atom. The quantitative estimate of drug-likeness (QED) is 0.879. The molecule has 2 aromatic carbocycles. The molecule has 0 radical (unpaired) electrons. The highest BCUT2D eigenvalue weighted by Crippen LogP contribution is 2.33. The summed E-state index contributed by atoms with van der Waals surface area (Å²) in [5.74, 6) is 0.681. The highest BCUT2D eigenvalue weighted by Gasteiger charge is 2.24. The van der Waals surface area contributed by atoms with Gasteiger partial charge in [-0.15, -0.1) is 0 Å². The zero-order valence-electron chi connectivity index (χ0n) is 10.2. The summed E-state index contributed by atoms with van der Waals surface area (Å²) >= 11 is 5.96. The van der Waals surface area contributed by atoms with Crippen LogP contribution in [0.2, 0.25) is 5.02 Å². The molecule has 2 aromatic rings. The molecule has 2 heteroatoms. The summed E-state index contributed by atoms with van der Waals surface area (Å²) in [6, 6.07) is 16.7. The molecule has 0 saturated heterocycles. The van der Waals surface area contributed by atoms with E-state index >= 15 is 0 Å². The Kier molecular flexibility index (Phi) is 3.35. The zero-order valence-corrected chi connectivity index (χ0v) is 11.0. The van der Waals surface area contributed by atoms with Crippen LogP contribution < -0.4 is 5.32 Å². The summed E-state index contributed by atoms with van der Waals surface area (Å²) in [5.41, 5.74) is 4.26. The number of hydrogen-bond donors (Lipinski definition) is 1. The highest BCUT2D eigenvalue weighted by atomic mass is 35.5. The lowest BCUT2D eigenvalue weighted by Crippen LogP contribution is -2.28. The van der Waals surface area contributed by atoms with E-state index in [1.165, 1.54) is 23.1 Å². The fraction of sp³-hybridized carbons (Fsp3) is 0.250. The molecular weight excluding hydrogens is 242 g/mol. The standard InChI is InChI=1S/C16H16ClN/c17-15-6-3-4-12(8-15)10-18-11-14-9-13-5-1-2-7-16(13)14/h1-8,14,18H,9-11H2. The van der Waals surface area contributed by atoms with Crippen molar-refractivity contribution in [2.75, 3.05) is 6.54 Å². The van der Waals surface area contributed by atoms with Gasteiger partial charge in [0.15, 0.2) is 0 Å². The van der Waals surface area contributed by atoms with Crippen LogP contribution in [0.15, 0.2) is 48.5 Å². The van der Waals surface area contributed by atoms with Gasteiger partial charge in [0.1, 0.15) is 0 Å². The van der Waals surface area contributed by atoms with E-state index in [1.807, 2.05) is 18.2 Å². The average Bonchev–Trinajstić information content (AvgIpc) is 2.35. The van der Waals surface area contributed by atoms with Crippen molar-refractivity contribution in [2.45, 2.75) is 18.9 Å². The average molecular weight is 258 g/mol. The van der Waals surface area contributed by atoms with E-state index in [1.54, 1.807) is 0 Å². The molecule has 0 aromatic heterocycles. The summed E-state index contributed by atoms with van der Waals surface area (Å²) in [5, 5.41) is 4.32. The van der Waals surface area contributed by atoms with Crippen molar-refractivity contribution in [3.05, 3.63) is 70.2 Å². The van der Waals surface area contributed by atoms with Crippen LogP contribution in [0.5, 0.6) is 0 Å². The van der Waals surface area contributed by atoms with Gasteiger partial charge in [-0.1, -0.05) is 48.0 Å². The molecule has 1 aliphatic rings. The number of nitrogens with one attached hydrogen (secondary N) is 1. The van der Waals surface area contributed by atoms with Crippen molar-refractivity contribution < 1.29 is 0 Å². The smallest absolute Gasteiger partial charge is 0.0409 e. The van der Waals surface area contributed by atoms with Gasteiger partial charge in [0, 0.05) is 24.0 Å². The molecule has 1 aliphatic carbocycles. The first-order valence-electron chi connectivity index (χ1n) is 6.36. The SMILES string of the molecule is Clc1cccc(CNCC2Cc3ccccc32)c1. The van der Waals surface area contributed by atoms with Crippen molar-refractivity contribution in [3.63, 3.8) is 0 Å². The maximum absolute atomic E-state index is 5.96. The highest BCUT2D eigenvalue weighted by molar-refractivity contribution is 6.30. The largest absolute Gasteiger partial charge is 0.312 e. The Morgan fingerprint density at radius 3 is 2.83 bits per heavy atom. The van der Waals surface area contributed by atoms with Crippen molar-refractivity contribution in [1.29, 1.82) is 0 Å². The molecule has 3 rings (SSSR count). The van der Waals surface area contributed by atoms with Gasteiger partial charge in [0.2, 0.25) is 0 Å². The molecular formula is C16H16ClN. The molecule has 1 unspecified atom stereocenters. The summed E-state index contributed by atoms with van der Waals surface area (Å²) < 4.78 is 0. The Bertz CT molecular complexity index is 550. The van der Waals surface area contributed by atoms with Gasteiger partial charge in [-0.25, -0.2) is 0 Å². The fourth-order valence-corrected chi connectivity index (χ4v) is 2.80. The number of halogens is 1. The maximum Gasteiger partial charge on any atom is 0.0409 e. The molecule has 0 amide bonds. The lowest BCUT2D eigenvalue weighted by molar-refractivity contribution is 0.536. The minimum atomic E-state index is 0.681. The molecule has 18 heavy (non-hydrogen) atoms. The van der Waals surface area contributed by atoms with Crippen LogP contribution in [-0.2, 0) is 13.0 Å². The molecule has 1 nitrogen and oxygen atoms in total. The van der Waals surface area contributed by atoms with E-state index < -0.39 is 0 Å². The molecule has 0 heterocycles. The molecule has 1 atom stereocenters. The Balaban J connectivity index is 1.52. The number of fused-ring (bicyclic) bond motifs is 1. The molecule has 0 fully saturated rings. The van der Waals surface area contributed by atoms with E-state index in [4.69, 9.17) is 11.6 Å². The van der Waals surface area contributed by atoms with Crippen LogP contribution in [-0.4, -0.2) is 6.54 Å². The summed E-state index contributed by atoms with van der Waals surface area (Å²) in [6.07, 6.45) is 1.21. The third kappa shape index (κ3) is 2.43. The molecule has 0 spiro atoms. The number of rotatable bonds is 4. The normalized spacial score (nSPS) is 17.1. The monoisotopic (exact) mass is 257 g/mol. The molecule has 0 aliphatic heterocycles. The maximum atomic E-state index is 5.96. The third-order valence-electron chi connectivity index (χ3n) is 3.57. The predicted molar refractivity (Wildman–Crippen MR) is 76.0 cm³/mol. The second kappa shape index (κ2) is 5.13. The number of benzene rings is 2. The van der Waals surface area contributed by atoms with Gasteiger partial charge < -0.3 is 5.32 Å². The first kappa shape index (κ1) is 11.8. The zero-order chi connectivity index (χ0) is 12.4. The molecule has 1 N–H and O–H groups in total. The first-order valence-corrected chi connectivity index (χ1v) is 6.74. The van der Waals surface area contributed by atoms with E-state index in [0.29, 0.717) is 5.92 Å². The van der Waals surface area contributed by atoms with Gasteiger partial charge in [0.05, 0.1) is 0 Å². The second-order valence-electron chi connectivity index (χ2n) is 4.86. The molecule has 0 saturated carbocycles. The minimum Gasteiger partial charge on any atom is -0.312 e. The van der Waals surface area contributed by atoms with Crippen LogP contribution in [0.3, 0.4) is 0 Å². The van der Waals surface area contributed by atoms with Gasteiger partial charge in [-0.2, -0.15) is 0 Å². The van der Waals surface area contributed by atoms with Crippen molar-refractivity contribution >= 4 is 11.6 Å². The fourth-order valence-electron chi connectivity index (χ4n) is 2.58. The third-order valence-corrected chi connectivity index (χ3v) is 3.81.